The van der Waals surface area contributed by atoms with Gasteiger partial charge in [0.15, 0.2) is 5.78 Å². The molecule has 0 aliphatic rings. The van der Waals surface area contributed by atoms with Crippen LogP contribution < -0.4 is 5.73 Å². The zero-order valence-electron chi connectivity index (χ0n) is 7.28. The first-order valence-electron chi connectivity index (χ1n) is 3.68. The number of nitro benzene ring substituents is 1. The normalized spacial score (nSPS) is 9.86. The molecular weight excluding hydrogens is 299 g/mol. The van der Waals surface area contributed by atoms with E-state index in [1.54, 1.807) is 0 Å². The van der Waals surface area contributed by atoms with Crippen molar-refractivity contribution in [3.63, 3.8) is 0 Å². The van der Waals surface area contributed by atoms with Crippen LogP contribution in [0.1, 0.15) is 17.3 Å². The van der Waals surface area contributed by atoms with Gasteiger partial charge in [-0.05, 0) is 35.6 Å². The largest absolute Gasteiger partial charge is 0.398 e. The minimum absolute atomic E-state index is 0.0793. The summed E-state index contributed by atoms with van der Waals surface area (Å²) in [6.45, 7) is 1.28. The third kappa shape index (κ3) is 1.84. The molecule has 0 amide bonds. The summed E-state index contributed by atoms with van der Waals surface area (Å²) >= 11 is 1.83. The standard InChI is InChI=1S/C8H7IN2O3/c1-4(12)7-6(11(13)14)3-2-5(10)8(7)9/h2-3H,10H2,1H3. The van der Waals surface area contributed by atoms with E-state index in [9.17, 15) is 14.9 Å². The molecule has 0 atom stereocenters. The van der Waals surface area contributed by atoms with Gasteiger partial charge in [-0.2, -0.15) is 0 Å². The molecule has 2 N–H and O–H groups in total. The van der Waals surface area contributed by atoms with Crippen molar-refractivity contribution < 1.29 is 9.72 Å². The highest BCUT2D eigenvalue weighted by atomic mass is 127. The first-order chi connectivity index (χ1) is 6.45. The predicted molar refractivity (Wildman–Crippen MR) is 60.2 cm³/mol. The summed E-state index contributed by atoms with van der Waals surface area (Å²) in [6, 6.07) is 2.67. The molecule has 0 radical (unpaired) electrons. The average molecular weight is 306 g/mol. The lowest BCUT2D eigenvalue weighted by Gasteiger charge is -2.04. The Morgan fingerprint density at radius 3 is 2.57 bits per heavy atom. The maximum absolute atomic E-state index is 11.2. The van der Waals surface area contributed by atoms with Gasteiger partial charge in [0.1, 0.15) is 5.56 Å². The number of nitrogens with two attached hydrogens (primary N) is 1. The SMILES string of the molecule is CC(=O)c1c([N+](=O)[O-])ccc(N)c1I. The number of rotatable bonds is 2. The number of halogens is 1. The van der Waals surface area contributed by atoms with E-state index in [0.717, 1.165) is 0 Å². The maximum atomic E-state index is 11.2. The van der Waals surface area contributed by atoms with Crippen LogP contribution in [0.5, 0.6) is 0 Å². The molecule has 1 aromatic rings. The number of hydrogen-bond donors (Lipinski definition) is 1. The van der Waals surface area contributed by atoms with Crippen LogP contribution in [0.4, 0.5) is 11.4 Å². The highest BCUT2D eigenvalue weighted by Crippen LogP contribution is 2.28. The van der Waals surface area contributed by atoms with Gasteiger partial charge in [-0.3, -0.25) is 14.9 Å². The molecule has 0 aliphatic carbocycles. The van der Waals surface area contributed by atoms with Crippen molar-refractivity contribution >= 4 is 39.7 Å². The number of carbonyl (C=O) groups is 1. The fourth-order valence-electron chi connectivity index (χ4n) is 1.07. The number of ketones is 1. The van der Waals surface area contributed by atoms with Crippen LogP contribution in [-0.4, -0.2) is 10.7 Å². The molecule has 14 heavy (non-hydrogen) atoms. The topological polar surface area (TPSA) is 86.2 Å². The van der Waals surface area contributed by atoms with Crippen LogP contribution in [0.2, 0.25) is 0 Å². The van der Waals surface area contributed by atoms with Crippen molar-refractivity contribution in [2.45, 2.75) is 6.92 Å². The van der Waals surface area contributed by atoms with Crippen molar-refractivity contribution in [1.29, 1.82) is 0 Å². The Kier molecular flexibility index (Phi) is 3.04. The third-order valence-corrected chi connectivity index (χ3v) is 2.86. The van der Waals surface area contributed by atoms with Crippen molar-refractivity contribution in [1.82, 2.24) is 0 Å². The van der Waals surface area contributed by atoms with E-state index in [0.29, 0.717) is 9.26 Å². The average Bonchev–Trinajstić information content (AvgIpc) is 2.08. The molecule has 1 rings (SSSR count). The van der Waals surface area contributed by atoms with E-state index in [1.165, 1.54) is 19.1 Å². The van der Waals surface area contributed by atoms with Crippen molar-refractivity contribution in [3.8, 4) is 0 Å². The van der Waals surface area contributed by atoms with Crippen LogP contribution in [-0.2, 0) is 0 Å². The van der Waals surface area contributed by atoms with Gasteiger partial charge in [0, 0.05) is 11.8 Å². The number of Topliss-reactive ketones (excluding diaryl/α,β-unsaturated/α-hetero) is 1. The van der Waals surface area contributed by atoms with E-state index < -0.39 is 4.92 Å². The number of hydrogen-bond acceptors (Lipinski definition) is 4. The van der Waals surface area contributed by atoms with Crippen molar-refractivity contribution in [2.75, 3.05) is 5.73 Å². The van der Waals surface area contributed by atoms with Crippen LogP contribution in [0, 0.1) is 13.7 Å². The van der Waals surface area contributed by atoms with Gasteiger partial charge in [0.05, 0.1) is 8.49 Å². The summed E-state index contributed by atoms with van der Waals surface area (Å²) in [7, 11) is 0. The summed E-state index contributed by atoms with van der Waals surface area (Å²) in [5.41, 5.74) is 5.80. The molecule has 6 heteroatoms. The second kappa shape index (κ2) is 3.91. The Morgan fingerprint density at radius 1 is 1.57 bits per heavy atom. The summed E-state index contributed by atoms with van der Waals surface area (Å²) in [5, 5.41) is 10.6. The van der Waals surface area contributed by atoms with E-state index in [4.69, 9.17) is 5.73 Å². The second-order valence-electron chi connectivity index (χ2n) is 2.68. The predicted octanol–water partition coefficient (Wildman–Crippen LogP) is 1.98. The maximum Gasteiger partial charge on any atom is 0.281 e. The molecule has 1 aromatic carbocycles. The Hall–Kier alpha value is -1.18. The molecule has 0 spiro atoms. The van der Waals surface area contributed by atoms with E-state index in [2.05, 4.69) is 0 Å². The highest BCUT2D eigenvalue weighted by molar-refractivity contribution is 14.1. The molecule has 0 unspecified atom stereocenters. The minimum Gasteiger partial charge on any atom is -0.398 e. The fraction of sp³-hybridized carbons (Fsp3) is 0.125. The minimum atomic E-state index is -0.585. The van der Waals surface area contributed by atoms with Gasteiger partial charge in [0.25, 0.3) is 5.69 Å². The molecule has 0 aromatic heterocycles. The van der Waals surface area contributed by atoms with E-state index in [1.807, 2.05) is 22.6 Å². The summed E-state index contributed by atoms with van der Waals surface area (Å²) in [6.07, 6.45) is 0. The van der Waals surface area contributed by atoms with Gasteiger partial charge >= 0.3 is 0 Å². The lowest BCUT2D eigenvalue weighted by Crippen LogP contribution is -2.05. The number of nitrogens with zero attached hydrogens (tertiary/aromatic N) is 1. The van der Waals surface area contributed by atoms with Crippen LogP contribution in [0.15, 0.2) is 12.1 Å². The number of carbonyl (C=O) groups excluding carboxylic acids is 1. The lowest BCUT2D eigenvalue weighted by molar-refractivity contribution is -0.385. The molecule has 5 nitrogen and oxygen atoms in total. The third-order valence-electron chi connectivity index (χ3n) is 1.70. The zero-order chi connectivity index (χ0) is 10.9. The Bertz CT molecular complexity index is 417. The van der Waals surface area contributed by atoms with E-state index in [-0.39, 0.29) is 17.0 Å². The van der Waals surface area contributed by atoms with Gasteiger partial charge in [-0.1, -0.05) is 0 Å². The van der Waals surface area contributed by atoms with Crippen LogP contribution in [0.25, 0.3) is 0 Å². The molecule has 0 saturated carbocycles. The Morgan fingerprint density at radius 2 is 2.14 bits per heavy atom. The van der Waals surface area contributed by atoms with Crippen LogP contribution in [0.3, 0.4) is 0 Å². The molecule has 0 bridgehead atoms. The van der Waals surface area contributed by atoms with Crippen molar-refractivity contribution in [3.05, 3.63) is 31.4 Å². The summed E-state index contributed by atoms with van der Waals surface area (Å²) < 4.78 is 0.435. The molecule has 0 heterocycles. The summed E-state index contributed by atoms with van der Waals surface area (Å²) in [4.78, 5) is 21.2. The number of nitrogen functional groups attached to an aromatic ring is 1. The van der Waals surface area contributed by atoms with Gasteiger partial charge in [-0.15, -0.1) is 0 Å². The number of anilines is 1. The Labute approximate surface area is 93.6 Å². The molecular formula is C8H7IN2O3. The smallest absolute Gasteiger partial charge is 0.281 e. The van der Waals surface area contributed by atoms with Gasteiger partial charge in [0.2, 0.25) is 0 Å². The molecule has 0 fully saturated rings. The van der Waals surface area contributed by atoms with Gasteiger partial charge in [-0.25, -0.2) is 0 Å². The van der Waals surface area contributed by atoms with Gasteiger partial charge < -0.3 is 5.73 Å². The quantitative estimate of drug-likeness (QED) is 0.298. The summed E-state index contributed by atoms with van der Waals surface area (Å²) in [5.74, 6) is -0.353. The molecule has 0 saturated heterocycles. The first kappa shape index (κ1) is 10.9. The zero-order valence-corrected chi connectivity index (χ0v) is 9.44. The monoisotopic (exact) mass is 306 g/mol. The number of nitro groups is 1. The van der Waals surface area contributed by atoms with E-state index >= 15 is 0 Å². The fourth-order valence-corrected chi connectivity index (χ4v) is 1.90. The Balaban J connectivity index is 3.53. The van der Waals surface area contributed by atoms with Crippen LogP contribution >= 0.6 is 22.6 Å². The number of benzene rings is 1. The lowest BCUT2D eigenvalue weighted by atomic mass is 10.1. The van der Waals surface area contributed by atoms with Crippen molar-refractivity contribution in [2.24, 2.45) is 0 Å². The molecule has 0 aliphatic heterocycles. The first-order valence-corrected chi connectivity index (χ1v) is 4.76. The second-order valence-corrected chi connectivity index (χ2v) is 3.75. The molecule has 74 valence electrons. The highest BCUT2D eigenvalue weighted by Gasteiger charge is 2.21.